The lowest BCUT2D eigenvalue weighted by atomic mass is 10.1. The van der Waals surface area contributed by atoms with Crippen LogP contribution in [0.25, 0.3) is 5.69 Å². The fourth-order valence-electron chi connectivity index (χ4n) is 3.95. The number of methoxy groups -OCH3 is 2. The number of para-hydroxylation sites is 1. The molecule has 0 saturated carbocycles. The van der Waals surface area contributed by atoms with Crippen LogP contribution in [0.5, 0.6) is 23.0 Å². The van der Waals surface area contributed by atoms with Crippen molar-refractivity contribution in [2.75, 3.05) is 34.0 Å². The van der Waals surface area contributed by atoms with Crippen molar-refractivity contribution < 1.29 is 33.3 Å². The third kappa shape index (κ3) is 4.24. The number of hydrogen-bond acceptors (Lipinski definition) is 7. The highest BCUT2D eigenvalue weighted by molar-refractivity contribution is 6.01. The molecule has 2 heterocycles. The molecule has 0 spiro atoms. The first-order valence-corrected chi connectivity index (χ1v) is 10.4. The number of esters is 1. The van der Waals surface area contributed by atoms with Gasteiger partial charge in [-0.05, 0) is 44.2 Å². The Bertz CT molecular complexity index is 1210. The fraction of sp³-hybridized carbons (Fsp3) is 0.280. The molecule has 0 saturated heterocycles. The van der Waals surface area contributed by atoms with E-state index >= 15 is 0 Å². The Morgan fingerprint density at radius 3 is 2.42 bits per heavy atom. The third-order valence-electron chi connectivity index (χ3n) is 5.47. The molecule has 8 nitrogen and oxygen atoms in total. The zero-order valence-electron chi connectivity index (χ0n) is 19.0. The normalized spacial score (nSPS) is 12.2. The molecule has 172 valence electrons. The zero-order valence-corrected chi connectivity index (χ0v) is 19.0. The molecule has 0 amide bonds. The van der Waals surface area contributed by atoms with Crippen molar-refractivity contribution in [1.29, 1.82) is 0 Å². The minimum absolute atomic E-state index is 0.186. The van der Waals surface area contributed by atoms with E-state index in [4.69, 9.17) is 23.7 Å². The van der Waals surface area contributed by atoms with Crippen molar-refractivity contribution in [3.63, 3.8) is 0 Å². The van der Waals surface area contributed by atoms with Crippen LogP contribution >= 0.6 is 0 Å². The van der Waals surface area contributed by atoms with Gasteiger partial charge in [-0.15, -0.1) is 0 Å². The summed E-state index contributed by atoms with van der Waals surface area (Å²) in [5, 5.41) is 0. The van der Waals surface area contributed by atoms with E-state index in [1.54, 1.807) is 24.3 Å². The molecule has 0 atom stereocenters. The highest BCUT2D eigenvalue weighted by atomic mass is 16.6. The Kier molecular flexibility index (Phi) is 6.26. The van der Waals surface area contributed by atoms with Crippen LogP contribution in [0.2, 0.25) is 0 Å². The van der Waals surface area contributed by atoms with E-state index in [-0.39, 0.29) is 17.1 Å². The van der Waals surface area contributed by atoms with Crippen LogP contribution in [-0.2, 0) is 4.74 Å². The van der Waals surface area contributed by atoms with Gasteiger partial charge in [0.15, 0.2) is 29.6 Å². The number of rotatable bonds is 7. The number of aryl methyl sites for hydroxylation is 1. The maximum atomic E-state index is 12.9. The van der Waals surface area contributed by atoms with E-state index in [2.05, 4.69) is 0 Å². The van der Waals surface area contributed by atoms with Gasteiger partial charge < -0.3 is 28.3 Å². The van der Waals surface area contributed by atoms with E-state index in [9.17, 15) is 9.59 Å². The molecule has 0 aliphatic carbocycles. The van der Waals surface area contributed by atoms with E-state index in [1.165, 1.54) is 14.2 Å². The topological polar surface area (TPSA) is 85.2 Å². The smallest absolute Gasteiger partial charge is 0.342 e. The summed E-state index contributed by atoms with van der Waals surface area (Å²) in [5.74, 6) is 1.06. The summed E-state index contributed by atoms with van der Waals surface area (Å²) in [7, 11) is 2.92. The van der Waals surface area contributed by atoms with Crippen LogP contribution in [0, 0.1) is 13.8 Å². The number of Topliss-reactive ketones (excluding diaryl/α,β-unsaturated/α-hetero) is 1. The molecule has 1 aliphatic rings. The summed E-state index contributed by atoms with van der Waals surface area (Å²) < 4.78 is 29.0. The highest BCUT2D eigenvalue weighted by Gasteiger charge is 2.22. The predicted molar refractivity (Wildman–Crippen MR) is 120 cm³/mol. The summed E-state index contributed by atoms with van der Waals surface area (Å²) in [6.45, 7) is 4.38. The first kappa shape index (κ1) is 22.3. The molecular formula is C25H25NO7. The number of aromatic nitrogens is 1. The average Bonchev–Trinajstić information content (AvgIpc) is 3.14. The maximum absolute atomic E-state index is 12.9. The highest BCUT2D eigenvalue weighted by Crippen LogP contribution is 2.34. The van der Waals surface area contributed by atoms with Crippen LogP contribution in [0.3, 0.4) is 0 Å². The average molecular weight is 451 g/mol. The molecular weight excluding hydrogens is 426 g/mol. The lowest BCUT2D eigenvalue weighted by Crippen LogP contribution is -2.16. The van der Waals surface area contributed by atoms with Crippen LogP contribution in [-0.4, -0.2) is 50.4 Å². The van der Waals surface area contributed by atoms with Crippen LogP contribution in [0.1, 0.15) is 32.1 Å². The van der Waals surface area contributed by atoms with Crippen molar-refractivity contribution in [3.8, 4) is 28.7 Å². The minimum Gasteiger partial charge on any atom is -0.493 e. The molecule has 4 rings (SSSR count). The molecule has 1 aliphatic heterocycles. The number of fused-ring (bicyclic) bond motifs is 1. The summed E-state index contributed by atoms with van der Waals surface area (Å²) in [4.78, 5) is 25.5. The largest absolute Gasteiger partial charge is 0.493 e. The maximum Gasteiger partial charge on any atom is 0.342 e. The second kappa shape index (κ2) is 9.28. The van der Waals surface area contributed by atoms with Gasteiger partial charge >= 0.3 is 5.97 Å². The standard InChI is InChI=1S/C25H25NO7/c1-15-12-19(16(2)26(15)17-8-9-21-23(13-17)32-11-10-31-21)20(27)14-33-25(28)18-6-5-7-22(29-3)24(18)30-4/h5-9,12-13H,10-11,14H2,1-4H3. The predicted octanol–water partition coefficient (Wildman–Crippen LogP) is 3.92. The van der Waals surface area contributed by atoms with Crippen LogP contribution in [0.4, 0.5) is 0 Å². The number of benzene rings is 2. The molecule has 1 aromatic heterocycles. The Labute approximate surface area is 191 Å². The van der Waals surface area contributed by atoms with Crippen molar-refractivity contribution >= 4 is 11.8 Å². The Hall–Kier alpha value is -3.94. The molecule has 8 heteroatoms. The summed E-state index contributed by atoms with van der Waals surface area (Å²) >= 11 is 0. The first-order valence-electron chi connectivity index (χ1n) is 10.4. The van der Waals surface area contributed by atoms with Crippen LogP contribution in [0.15, 0.2) is 42.5 Å². The second-order valence-electron chi connectivity index (χ2n) is 7.49. The zero-order chi connectivity index (χ0) is 23.5. The SMILES string of the molecule is COc1cccc(C(=O)OCC(=O)c2cc(C)n(-c3ccc4c(c3)OCCO4)c2C)c1OC. The molecule has 3 aromatic rings. The lowest BCUT2D eigenvalue weighted by molar-refractivity contribution is 0.0471. The van der Waals surface area contributed by atoms with E-state index in [0.29, 0.717) is 36.0 Å². The second-order valence-corrected chi connectivity index (χ2v) is 7.49. The Morgan fingerprint density at radius 2 is 1.70 bits per heavy atom. The van der Waals surface area contributed by atoms with Crippen molar-refractivity contribution in [2.24, 2.45) is 0 Å². The molecule has 0 radical (unpaired) electrons. The van der Waals surface area contributed by atoms with Gasteiger partial charge in [-0.2, -0.15) is 0 Å². The van der Waals surface area contributed by atoms with E-state index in [1.807, 2.05) is 36.6 Å². The number of nitrogens with zero attached hydrogens (tertiary/aromatic N) is 1. The quantitative estimate of drug-likeness (QED) is 0.398. The van der Waals surface area contributed by atoms with Gasteiger partial charge in [0, 0.05) is 28.7 Å². The van der Waals surface area contributed by atoms with Crippen molar-refractivity contribution in [2.45, 2.75) is 13.8 Å². The summed E-state index contributed by atoms with van der Waals surface area (Å²) in [6, 6.07) is 12.3. The number of carbonyl (C=O) groups is 2. The molecule has 0 bridgehead atoms. The number of hydrogen-bond donors (Lipinski definition) is 0. The Balaban J connectivity index is 1.53. The minimum atomic E-state index is -0.667. The van der Waals surface area contributed by atoms with Gasteiger partial charge in [0.1, 0.15) is 18.8 Å². The van der Waals surface area contributed by atoms with Crippen molar-refractivity contribution in [1.82, 2.24) is 4.57 Å². The summed E-state index contributed by atoms with van der Waals surface area (Å²) in [5.41, 5.74) is 3.13. The number of carbonyl (C=O) groups excluding carboxylic acids is 2. The van der Waals surface area contributed by atoms with Gasteiger partial charge in [-0.1, -0.05) is 6.07 Å². The first-order chi connectivity index (χ1) is 15.9. The molecule has 0 fully saturated rings. The number of ether oxygens (including phenoxy) is 5. The van der Waals surface area contributed by atoms with Crippen LogP contribution < -0.4 is 18.9 Å². The third-order valence-corrected chi connectivity index (χ3v) is 5.47. The van der Waals surface area contributed by atoms with Gasteiger partial charge in [0.2, 0.25) is 5.78 Å². The fourth-order valence-corrected chi connectivity index (χ4v) is 3.95. The van der Waals surface area contributed by atoms with Gasteiger partial charge in [0.25, 0.3) is 0 Å². The molecule has 0 unspecified atom stereocenters. The van der Waals surface area contributed by atoms with E-state index < -0.39 is 12.6 Å². The monoisotopic (exact) mass is 451 g/mol. The molecule has 33 heavy (non-hydrogen) atoms. The van der Waals surface area contributed by atoms with E-state index in [0.717, 1.165) is 17.1 Å². The molecule has 0 N–H and O–H groups in total. The van der Waals surface area contributed by atoms with Gasteiger partial charge in [0.05, 0.1) is 14.2 Å². The Morgan fingerprint density at radius 1 is 0.939 bits per heavy atom. The molecule has 2 aromatic carbocycles. The lowest BCUT2D eigenvalue weighted by Gasteiger charge is -2.20. The number of ketones is 1. The summed E-state index contributed by atoms with van der Waals surface area (Å²) in [6.07, 6.45) is 0. The van der Waals surface area contributed by atoms with Crippen molar-refractivity contribution in [3.05, 3.63) is 65.0 Å². The van der Waals surface area contributed by atoms with Gasteiger partial charge in [-0.3, -0.25) is 4.79 Å². The van der Waals surface area contributed by atoms with Gasteiger partial charge in [-0.25, -0.2) is 4.79 Å².